The summed E-state index contributed by atoms with van der Waals surface area (Å²) in [5.74, 6) is 0. The van der Waals surface area contributed by atoms with E-state index in [4.69, 9.17) is 5.73 Å². The van der Waals surface area contributed by atoms with Crippen molar-refractivity contribution in [3.05, 3.63) is 22.7 Å². The SMILES string of the molecule is CCCN(CCN(C)C)S(=O)(=O)c1cc(Br)ccc1N. The average Bonchev–Trinajstić information content (AvgIpc) is 2.36. The molecule has 0 spiro atoms. The zero-order chi connectivity index (χ0) is 15.3. The molecule has 0 radical (unpaired) electrons. The summed E-state index contributed by atoms with van der Waals surface area (Å²) in [5.41, 5.74) is 6.11. The Morgan fingerprint density at radius 3 is 2.40 bits per heavy atom. The van der Waals surface area contributed by atoms with Crippen LogP contribution in [0.15, 0.2) is 27.6 Å². The number of anilines is 1. The van der Waals surface area contributed by atoms with E-state index in [1.807, 2.05) is 25.9 Å². The van der Waals surface area contributed by atoms with Gasteiger partial charge in [0.05, 0.1) is 5.69 Å². The molecule has 1 rings (SSSR count). The Morgan fingerprint density at radius 2 is 1.85 bits per heavy atom. The third-order valence-corrected chi connectivity index (χ3v) is 5.31. The number of likely N-dealkylation sites (N-methyl/N-ethyl adjacent to an activating group) is 1. The Morgan fingerprint density at radius 1 is 1.20 bits per heavy atom. The second-order valence-corrected chi connectivity index (χ2v) is 7.71. The summed E-state index contributed by atoms with van der Waals surface area (Å²) in [5, 5.41) is 0. The van der Waals surface area contributed by atoms with Gasteiger partial charge in [-0.25, -0.2) is 8.42 Å². The van der Waals surface area contributed by atoms with Gasteiger partial charge in [0, 0.05) is 24.1 Å². The smallest absolute Gasteiger partial charge is 0.245 e. The van der Waals surface area contributed by atoms with Gasteiger partial charge in [0.2, 0.25) is 10.0 Å². The Kier molecular flexibility index (Phi) is 6.44. The van der Waals surface area contributed by atoms with Gasteiger partial charge in [-0.05, 0) is 38.7 Å². The zero-order valence-corrected chi connectivity index (χ0v) is 14.5. The maximum atomic E-state index is 12.7. The minimum absolute atomic E-state index is 0.166. The first kappa shape index (κ1) is 17.4. The summed E-state index contributed by atoms with van der Waals surface area (Å²) in [6.45, 7) is 3.58. The van der Waals surface area contributed by atoms with Gasteiger partial charge in [0.15, 0.2) is 0 Å². The molecule has 2 N–H and O–H groups in total. The Hall–Kier alpha value is -0.630. The van der Waals surface area contributed by atoms with Crippen LogP contribution in [-0.2, 0) is 10.0 Å². The van der Waals surface area contributed by atoms with Crippen molar-refractivity contribution in [1.82, 2.24) is 9.21 Å². The number of nitrogen functional groups attached to an aromatic ring is 1. The van der Waals surface area contributed by atoms with E-state index in [2.05, 4.69) is 15.9 Å². The first-order chi connectivity index (χ1) is 9.28. The van der Waals surface area contributed by atoms with Gasteiger partial charge >= 0.3 is 0 Å². The zero-order valence-electron chi connectivity index (χ0n) is 12.1. The highest BCUT2D eigenvalue weighted by Crippen LogP contribution is 2.26. The number of nitrogens with two attached hydrogens (primary N) is 1. The summed E-state index contributed by atoms with van der Waals surface area (Å²) in [6, 6.07) is 4.90. The molecule has 114 valence electrons. The molecule has 0 fully saturated rings. The summed E-state index contributed by atoms with van der Waals surface area (Å²) in [4.78, 5) is 2.13. The van der Waals surface area contributed by atoms with Crippen LogP contribution in [0.5, 0.6) is 0 Å². The Balaban J connectivity index is 3.12. The Labute approximate surface area is 129 Å². The highest BCUT2D eigenvalue weighted by Gasteiger charge is 2.26. The molecule has 0 saturated heterocycles. The lowest BCUT2D eigenvalue weighted by Crippen LogP contribution is -2.37. The summed E-state index contributed by atoms with van der Waals surface area (Å²) >= 11 is 3.29. The van der Waals surface area contributed by atoms with E-state index in [0.29, 0.717) is 24.1 Å². The standard InChI is InChI=1S/C13H22BrN3O2S/c1-4-7-17(9-8-16(2)3)20(18,19)13-10-11(14)5-6-12(13)15/h5-6,10H,4,7-9,15H2,1-3H3. The third-order valence-electron chi connectivity index (χ3n) is 2.86. The van der Waals surface area contributed by atoms with Crippen molar-refractivity contribution >= 4 is 31.6 Å². The van der Waals surface area contributed by atoms with E-state index in [0.717, 1.165) is 6.42 Å². The molecule has 1 aromatic carbocycles. The lowest BCUT2D eigenvalue weighted by atomic mass is 10.3. The van der Waals surface area contributed by atoms with Crippen molar-refractivity contribution in [2.75, 3.05) is 39.5 Å². The minimum atomic E-state index is -3.56. The fourth-order valence-corrected chi connectivity index (χ4v) is 3.96. The van der Waals surface area contributed by atoms with Crippen LogP contribution in [0.2, 0.25) is 0 Å². The number of hydrogen-bond acceptors (Lipinski definition) is 4. The van der Waals surface area contributed by atoms with Crippen molar-refractivity contribution in [2.24, 2.45) is 0 Å². The average molecular weight is 364 g/mol. The number of benzene rings is 1. The molecule has 0 aliphatic heterocycles. The molecule has 0 amide bonds. The van der Waals surface area contributed by atoms with Crippen molar-refractivity contribution in [2.45, 2.75) is 18.2 Å². The van der Waals surface area contributed by atoms with Crippen LogP contribution in [-0.4, -0.2) is 51.4 Å². The van der Waals surface area contributed by atoms with Gasteiger partial charge in [-0.3, -0.25) is 0 Å². The van der Waals surface area contributed by atoms with E-state index in [-0.39, 0.29) is 10.6 Å². The van der Waals surface area contributed by atoms with Gasteiger partial charge in [0.1, 0.15) is 4.90 Å². The topological polar surface area (TPSA) is 66.6 Å². The molecular weight excluding hydrogens is 342 g/mol. The minimum Gasteiger partial charge on any atom is -0.398 e. The summed E-state index contributed by atoms with van der Waals surface area (Å²) in [7, 11) is 0.281. The van der Waals surface area contributed by atoms with Crippen molar-refractivity contribution in [1.29, 1.82) is 0 Å². The van der Waals surface area contributed by atoms with E-state index in [9.17, 15) is 8.42 Å². The third kappa shape index (κ3) is 4.44. The molecule has 1 aromatic rings. The molecule has 0 heterocycles. The molecule has 7 heteroatoms. The van der Waals surface area contributed by atoms with Crippen LogP contribution in [0.4, 0.5) is 5.69 Å². The molecule has 20 heavy (non-hydrogen) atoms. The van der Waals surface area contributed by atoms with Crippen molar-refractivity contribution in [3.8, 4) is 0 Å². The fourth-order valence-electron chi connectivity index (χ4n) is 1.78. The number of sulfonamides is 1. The van der Waals surface area contributed by atoms with Crippen LogP contribution in [0.25, 0.3) is 0 Å². The molecule has 5 nitrogen and oxygen atoms in total. The van der Waals surface area contributed by atoms with Crippen LogP contribution in [0.1, 0.15) is 13.3 Å². The maximum absolute atomic E-state index is 12.7. The van der Waals surface area contributed by atoms with E-state index in [1.54, 1.807) is 18.2 Å². The first-order valence-electron chi connectivity index (χ1n) is 6.49. The van der Waals surface area contributed by atoms with Gasteiger partial charge in [-0.2, -0.15) is 4.31 Å². The molecule has 0 bridgehead atoms. The largest absolute Gasteiger partial charge is 0.398 e. The summed E-state index contributed by atoms with van der Waals surface area (Å²) < 4.78 is 27.6. The normalized spacial score (nSPS) is 12.3. The number of nitrogens with zero attached hydrogens (tertiary/aromatic N) is 2. The van der Waals surface area contributed by atoms with Gasteiger partial charge in [0.25, 0.3) is 0 Å². The molecule has 0 saturated carbocycles. The van der Waals surface area contributed by atoms with Crippen molar-refractivity contribution in [3.63, 3.8) is 0 Å². The van der Waals surface area contributed by atoms with E-state index < -0.39 is 10.0 Å². The first-order valence-corrected chi connectivity index (χ1v) is 8.72. The van der Waals surface area contributed by atoms with Gasteiger partial charge in [-0.1, -0.05) is 22.9 Å². The number of hydrogen-bond donors (Lipinski definition) is 1. The molecule has 0 atom stereocenters. The van der Waals surface area contributed by atoms with Crippen LogP contribution >= 0.6 is 15.9 Å². The predicted molar refractivity (Wildman–Crippen MR) is 86.2 cm³/mol. The van der Waals surface area contributed by atoms with E-state index >= 15 is 0 Å². The molecular formula is C13H22BrN3O2S. The number of rotatable bonds is 7. The second kappa shape index (κ2) is 7.40. The quantitative estimate of drug-likeness (QED) is 0.752. The molecule has 0 unspecified atom stereocenters. The Bertz CT molecular complexity index is 547. The van der Waals surface area contributed by atoms with Crippen molar-refractivity contribution < 1.29 is 8.42 Å². The number of halogens is 1. The van der Waals surface area contributed by atoms with E-state index in [1.165, 1.54) is 4.31 Å². The molecule has 0 aliphatic carbocycles. The fraction of sp³-hybridized carbons (Fsp3) is 0.538. The van der Waals surface area contributed by atoms with Gasteiger partial charge < -0.3 is 10.6 Å². The summed E-state index contributed by atoms with van der Waals surface area (Å²) in [6.07, 6.45) is 0.764. The lowest BCUT2D eigenvalue weighted by Gasteiger charge is -2.24. The highest BCUT2D eigenvalue weighted by atomic mass is 79.9. The highest BCUT2D eigenvalue weighted by molar-refractivity contribution is 9.10. The second-order valence-electron chi connectivity index (χ2n) is 4.89. The van der Waals surface area contributed by atoms with Crippen LogP contribution in [0, 0.1) is 0 Å². The molecule has 0 aromatic heterocycles. The maximum Gasteiger partial charge on any atom is 0.245 e. The van der Waals surface area contributed by atoms with Crippen LogP contribution in [0.3, 0.4) is 0 Å². The lowest BCUT2D eigenvalue weighted by molar-refractivity contribution is 0.333. The predicted octanol–water partition coefficient (Wildman–Crippen LogP) is 1.99. The van der Waals surface area contributed by atoms with Gasteiger partial charge in [-0.15, -0.1) is 0 Å². The molecule has 0 aliphatic rings. The van der Waals surface area contributed by atoms with Crippen LogP contribution < -0.4 is 5.73 Å². The monoisotopic (exact) mass is 363 g/mol.